The molecule has 0 unspecified atom stereocenters. The summed E-state index contributed by atoms with van der Waals surface area (Å²) in [6, 6.07) is 7.69. The number of hydrogen-bond donors (Lipinski definition) is 0. The number of furan rings is 1. The molecule has 1 aliphatic rings. The molecule has 3 rings (SSSR count). The van der Waals surface area contributed by atoms with E-state index >= 15 is 0 Å². The zero-order valence-corrected chi connectivity index (χ0v) is 14.0. The Bertz CT molecular complexity index is 693. The highest BCUT2D eigenvalue weighted by atomic mass is 16.5. The second-order valence-corrected chi connectivity index (χ2v) is 6.42. The summed E-state index contributed by atoms with van der Waals surface area (Å²) in [5.41, 5.74) is 1.33. The number of hydrogen-bond acceptors (Lipinski definition) is 4. The molecule has 2 aromatic rings. The van der Waals surface area contributed by atoms with E-state index in [1.165, 1.54) is 0 Å². The summed E-state index contributed by atoms with van der Waals surface area (Å²) in [4.78, 5) is 16.9. The van der Waals surface area contributed by atoms with Gasteiger partial charge in [0.1, 0.15) is 11.3 Å². The van der Waals surface area contributed by atoms with Gasteiger partial charge in [-0.1, -0.05) is 12.1 Å². The van der Waals surface area contributed by atoms with E-state index in [4.69, 9.17) is 9.15 Å². The molecule has 124 valence electrons. The number of rotatable bonds is 4. The van der Waals surface area contributed by atoms with Gasteiger partial charge < -0.3 is 19.0 Å². The van der Waals surface area contributed by atoms with Crippen LogP contribution in [-0.2, 0) is 4.74 Å². The molecule has 0 saturated carbocycles. The van der Waals surface area contributed by atoms with E-state index in [0.29, 0.717) is 30.8 Å². The summed E-state index contributed by atoms with van der Waals surface area (Å²) in [6.07, 6.45) is 1.04. The molecule has 0 radical (unpaired) electrons. The van der Waals surface area contributed by atoms with Crippen molar-refractivity contribution in [2.75, 3.05) is 40.3 Å². The number of carbonyl (C=O) groups excluding carboxylic acids is 1. The van der Waals surface area contributed by atoms with Crippen LogP contribution < -0.4 is 0 Å². The van der Waals surface area contributed by atoms with Gasteiger partial charge in [0, 0.05) is 25.0 Å². The number of nitrogens with zero attached hydrogens (tertiary/aromatic N) is 2. The molecule has 0 N–H and O–H groups in total. The third-order valence-electron chi connectivity index (χ3n) is 4.22. The lowest BCUT2D eigenvalue weighted by molar-refractivity contribution is -0.0269. The normalized spacial score (nSPS) is 18.8. The maximum Gasteiger partial charge on any atom is 0.257 e. The predicted octanol–water partition coefficient (Wildman–Crippen LogP) is 2.53. The lowest BCUT2D eigenvalue weighted by Gasteiger charge is -2.33. The first-order valence-electron chi connectivity index (χ1n) is 8.09. The van der Waals surface area contributed by atoms with Gasteiger partial charge in [0.05, 0.1) is 18.3 Å². The molecule has 1 aromatic heterocycles. The average Bonchev–Trinajstić information content (AvgIpc) is 2.92. The molecule has 0 aliphatic carbocycles. The monoisotopic (exact) mass is 316 g/mol. The molecular formula is C18H24N2O3. The number of aryl methyl sites for hydroxylation is 1. The predicted molar refractivity (Wildman–Crippen MR) is 89.8 cm³/mol. The van der Waals surface area contributed by atoms with Crippen LogP contribution >= 0.6 is 0 Å². The van der Waals surface area contributed by atoms with Crippen molar-refractivity contribution < 1.29 is 13.9 Å². The van der Waals surface area contributed by atoms with E-state index in [1.807, 2.05) is 50.2 Å². The van der Waals surface area contributed by atoms with E-state index in [2.05, 4.69) is 4.90 Å². The minimum absolute atomic E-state index is 0.0307. The van der Waals surface area contributed by atoms with Crippen molar-refractivity contribution >= 4 is 16.9 Å². The first kappa shape index (κ1) is 16.0. The molecule has 2 heterocycles. The second-order valence-electron chi connectivity index (χ2n) is 6.42. The van der Waals surface area contributed by atoms with E-state index < -0.39 is 0 Å². The van der Waals surface area contributed by atoms with Crippen molar-refractivity contribution in [3.05, 3.63) is 35.6 Å². The topological polar surface area (TPSA) is 45.9 Å². The van der Waals surface area contributed by atoms with E-state index in [9.17, 15) is 4.79 Å². The van der Waals surface area contributed by atoms with Crippen LogP contribution in [0.4, 0.5) is 0 Å². The highest BCUT2D eigenvalue weighted by molar-refractivity contribution is 6.05. The fourth-order valence-electron chi connectivity index (χ4n) is 3.01. The van der Waals surface area contributed by atoms with Crippen molar-refractivity contribution in [2.24, 2.45) is 0 Å². The van der Waals surface area contributed by atoms with E-state index in [1.54, 1.807) is 0 Å². The minimum Gasteiger partial charge on any atom is -0.461 e. The Morgan fingerprint density at radius 2 is 2.22 bits per heavy atom. The molecular weight excluding hydrogens is 292 g/mol. The van der Waals surface area contributed by atoms with Crippen LogP contribution in [0.2, 0.25) is 0 Å². The molecule has 1 fully saturated rings. The average molecular weight is 316 g/mol. The van der Waals surface area contributed by atoms with E-state index in [0.717, 1.165) is 24.1 Å². The smallest absolute Gasteiger partial charge is 0.257 e. The summed E-state index contributed by atoms with van der Waals surface area (Å²) in [7, 11) is 4.09. The molecule has 5 nitrogen and oxygen atoms in total. The summed E-state index contributed by atoms with van der Waals surface area (Å²) >= 11 is 0. The van der Waals surface area contributed by atoms with Gasteiger partial charge in [-0.2, -0.15) is 0 Å². The van der Waals surface area contributed by atoms with E-state index in [-0.39, 0.29) is 12.0 Å². The fourth-order valence-corrected chi connectivity index (χ4v) is 3.01. The van der Waals surface area contributed by atoms with Crippen molar-refractivity contribution in [2.45, 2.75) is 19.4 Å². The maximum atomic E-state index is 12.9. The molecule has 1 atom stereocenters. The number of benzene rings is 1. The van der Waals surface area contributed by atoms with Crippen molar-refractivity contribution in [3.63, 3.8) is 0 Å². The van der Waals surface area contributed by atoms with Gasteiger partial charge in [0.2, 0.25) is 0 Å². The molecule has 1 amide bonds. The third-order valence-corrected chi connectivity index (χ3v) is 4.22. The molecule has 0 spiro atoms. The maximum absolute atomic E-state index is 12.9. The summed E-state index contributed by atoms with van der Waals surface area (Å²) in [6.45, 7) is 4.73. The van der Waals surface area contributed by atoms with Gasteiger partial charge >= 0.3 is 0 Å². The van der Waals surface area contributed by atoms with Gasteiger partial charge in [0.15, 0.2) is 0 Å². The highest BCUT2D eigenvalue weighted by Crippen LogP contribution is 2.24. The number of amides is 1. The van der Waals surface area contributed by atoms with Gasteiger partial charge in [-0.3, -0.25) is 4.79 Å². The number of morpholine rings is 1. The lowest BCUT2D eigenvalue weighted by atomic mass is 10.1. The third kappa shape index (κ3) is 3.57. The van der Waals surface area contributed by atoms with Crippen molar-refractivity contribution in [1.29, 1.82) is 0 Å². The second kappa shape index (κ2) is 6.72. The Morgan fingerprint density at radius 3 is 3.00 bits per heavy atom. The Kier molecular flexibility index (Phi) is 4.68. The number of fused-ring (bicyclic) bond motifs is 1. The van der Waals surface area contributed by atoms with Crippen molar-refractivity contribution in [1.82, 2.24) is 9.80 Å². The van der Waals surface area contributed by atoms with Gasteiger partial charge in [-0.25, -0.2) is 0 Å². The summed E-state index contributed by atoms with van der Waals surface area (Å²) in [5, 5.41) is 0.978. The van der Waals surface area contributed by atoms with Crippen LogP contribution in [0, 0.1) is 6.92 Å². The molecule has 1 saturated heterocycles. The quantitative estimate of drug-likeness (QED) is 0.869. The Hall–Kier alpha value is -1.85. The first-order chi connectivity index (χ1) is 11.0. The first-order valence-corrected chi connectivity index (χ1v) is 8.09. The fraction of sp³-hybridized carbons (Fsp3) is 0.500. The van der Waals surface area contributed by atoms with Crippen LogP contribution in [0.1, 0.15) is 22.5 Å². The van der Waals surface area contributed by atoms with Gasteiger partial charge in [0.25, 0.3) is 5.91 Å². The van der Waals surface area contributed by atoms with Crippen LogP contribution in [0.15, 0.2) is 28.7 Å². The van der Waals surface area contributed by atoms with Crippen LogP contribution in [-0.4, -0.2) is 62.1 Å². The molecule has 5 heteroatoms. The van der Waals surface area contributed by atoms with Crippen molar-refractivity contribution in [3.8, 4) is 0 Å². The van der Waals surface area contributed by atoms with Gasteiger partial charge in [-0.05, 0) is 39.6 Å². The SMILES string of the molecule is Cc1cc2cccc(C(=O)N3CCO[C@@H](CCN(C)C)C3)c2o1. The molecule has 1 aliphatic heterocycles. The number of carbonyl (C=O) groups is 1. The highest BCUT2D eigenvalue weighted by Gasteiger charge is 2.26. The molecule has 1 aromatic carbocycles. The number of para-hydroxylation sites is 1. The van der Waals surface area contributed by atoms with Gasteiger partial charge in [-0.15, -0.1) is 0 Å². The lowest BCUT2D eigenvalue weighted by Crippen LogP contribution is -2.46. The largest absolute Gasteiger partial charge is 0.461 e. The molecule has 0 bridgehead atoms. The zero-order valence-electron chi connectivity index (χ0n) is 14.0. The summed E-state index contributed by atoms with van der Waals surface area (Å²) in [5.74, 6) is 0.856. The Labute approximate surface area is 136 Å². The Morgan fingerprint density at radius 1 is 1.39 bits per heavy atom. The van der Waals surface area contributed by atoms with Crippen LogP contribution in [0.5, 0.6) is 0 Å². The van der Waals surface area contributed by atoms with Crippen LogP contribution in [0.25, 0.3) is 11.0 Å². The molecule has 23 heavy (non-hydrogen) atoms. The number of ether oxygens (including phenoxy) is 1. The standard InChI is InChI=1S/C18H24N2O3/c1-13-11-14-5-4-6-16(17(14)23-13)18(21)20-9-10-22-15(12-20)7-8-19(2)3/h4-6,11,15H,7-10,12H2,1-3H3/t15-/m0/s1. The summed E-state index contributed by atoms with van der Waals surface area (Å²) < 4.78 is 11.5. The zero-order chi connectivity index (χ0) is 16.4. The minimum atomic E-state index is 0.0307. The Balaban J connectivity index is 1.76. The van der Waals surface area contributed by atoms with Crippen LogP contribution in [0.3, 0.4) is 0 Å².